The predicted molar refractivity (Wildman–Crippen MR) is 278 cm³/mol. The maximum absolute atomic E-state index is 2.29. The Balaban J connectivity index is 1.62. The van der Waals surface area contributed by atoms with Gasteiger partial charge in [0.15, 0.2) is 0 Å². The molecule has 318 valence electrons. The molecule has 0 atom stereocenters. The van der Waals surface area contributed by atoms with E-state index in [0.717, 1.165) is 22.7 Å². The molecule has 6 aromatic rings. The summed E-state index contributed by atoms with van der Waals surface area (Å²) in [6.07, 6.45) is 0. The van der Waals surface area contributed by atoms with Gasteiger partial charge in [-0.3, -0.25) is 0 Å². The average Bonchev–Trinajstić information content (AvgIpc) is 3.68. The lowest BCUT2D eigenvalue weighted by Gasteiger charge is -2.20. The van der Waals surface area contributed by atoms with E-state index >= 15 is 0 Å². The highest BCUT2D eigenvalue weighted by Crippen LogP contribution is 2.61. The first-order valence-corrected chi connectivity index (χ1v) is 22.6. The van der Waals surface area contributed by atoms with Gasteiger partial charge in [-0.1, -0.05) is 96.3 Å². The van der Waals surface area contributed by atoms with Crippen molar-refractivity contribution in [2.75, 3.05) is 114 Å². The minimum absolute atomic E-state index is 1.16. The Morgan fingerprint density at radius 1 is 0.242 bits per heavy atom. The van der Waals surface area contributed by atoms with Crippen LogP contribution in [0.1, 0.15) is 33.4 Å². The van der Waals surface area contributed by atoms with Gasteiger partial charge in [0, 0.05) is 145 Å². The molecule has 0 saturated carbocycles. The molecule has 1 heterocycles. The number of nitrogens with zero attached hydrogens (tertiary/aromatic N) is 6. The summed E-state index contributed by atoms with van der Waals surface area (Å²) in [4.78, 5) is 15.4. The molecule has 0 N–H and O–H groups in total. The van der Waals surface area contributed by atoms with E-state index in [1.54, 1.807) is 0 Å². The third-order valence-electron chi connectivity index (χ3n) is 11.3. The lowest BCUT2D eigenvalue weighted by molar-refractivity contribution is 1.13. The van der Waals surface area contributed by atoms with E-state index in [2.05, 4.69) is 260 Å². The van der Waals surface area contributed by atoms with Gasteiger partial charge >= 0.3 is 0 Å². The summed E-state index contributed by atoms with van der Waals surface area (Å²) in [7, 11) is 25.2. The number of anilines is 6. The number of hydrogen-bond acceptors (Lipinski definition) is 8. The molecule has 6 aromatic carbocycles. The van der Waals surface area contributed by atoms with E-state index in [4.69, 9.17) is 0 Å². The molecule has 1 saturated heterocycles. The normalized spacial score (nSPS) is 12.3. The SMILES string of the molecule is CN(C)c1ccc(C(=C2SC(=C(c3ccc(N(C)C)cc3)c3ccc(N(C)C)cc3)C(=C(c3ccc(N(C)C)cc3)c3ccc(N(C)C)cc3)S2)c2ccc(N(C)C)cc2)cc1. The van der Waals surface area contributed by atoms with E-state index in [1.807, 2.05) is 23.5 Å². The van der Waals surface area contributed by atoms with Gasteiger partial charge in [-0.15, -0.1) is 0 Å². The van der Waals surface area contributed by atoms with Crippen molar-refractivity contribution in [1.29, 1.82) is 0 Å². The first-order chi connectivity index (χ1) is 29.7. The van der Waals surface area contributed by atoms with Crippen LogP contribution in [0.15, 0.2) is 160 Å². The first-order valence-electron chi connectivity index (χ1n) is 21.0. The van der Waals surface area contributed by atoms with Crippen LogP contribution in [0.5, 0.6) is 0 Å². The van der Waals surface area contributed by atoms with E-state index < -0.39 is 0 Å². The Hall–Kier alpha value is -5.96. The molecular weight excluding hydrogens is 797 g/mol. The Bertz CT molecular complexity index is 2280. The van der Waals surface area contributed by atoms with Gasteiger partial charge in [0.05, 0.1) is 4.24 Å². The molecule has 0 bridgehead atoms. The second kappa shape index (κ2) is 19.0. The molecule has 1 aliphatic rings. The maximum atomic E-state index is 2.29. The molecule has 8 heteroatoms. The molecular formula is C54H60N6S2. The van der Waals surface area contributed by atoms with Crippen molar-refractivity contribution in [2.24, 2.45) is 0 Å². The Morgan fingerprint density at radius 3 is 0.565 bits per heavy atom. The minimum atomic E-state index is 1.16. The molecule has 0 amide bonds. The fraction of sp³-hybridized carbons (Fsp3) is 0.222. The van der Waals surface area contributed by atoms with Crippen LogP contribution >= 0.6 is 23.5 Å². The zero-order valence-corrected chi connectivity index (χ0v) is 40.0. The van der Waals surface area contributed by atoms with Gasteiger partial charge in [0.25, 0.3) is 0 Å². The molecule has 0 unspecified atom stereocenters. The van der Waals surface area contributed by atoms with Gasteiger partial charge in [0.1, 0.15) is 0 Å². The van der Waals surface area contributed by atoms with E-state index in [-0.39, 0.29) is 0 Å². The largest absolute Gasteiger partial charge is 0.378 e. The van der Waals surface area contributed by atoms with Crippen molar-refractivity contribution in [1.82, 2.24) is 0 Å². The third-order valence-corrected chi connectivity index (χ3v) is 13.9. The number of thioether (sulfide) groups is 2. The highest BCUT2D eigenvalue weighted by Gasteiger charge is 2.32. The lowest BCUT2D eigenvalue weighted by atomic mass is 9.93. The fourth-order valence-electron chi connectivity index (χ4n) is 7.55. The van der Waals surface area contributed by atoms with Gasteiger partial charge in [-0.05, 0) is 106 Å². The Labute approximate surface area is 379 Å². The molecule has 0 aliphatic carbocycles. The molecule has 1 fully saturated rings. The summed E-state index contributed by atoms with van der Waals surface area (Å²) >= 11 is 3.79. The third kappa shape index (κ3) is 9.57. The van der Waals surface area contributed by atoms with Gasteiger partial charge in [-0.2, -0.15) is 0 Å². The second-order valence-corrected chi connectivity index (χ2v) is 19.2. The predicted octanol–water partition coefficient (Wildman–Crippen LogP) is 12.2. The maximum Gasteiger partial charge on any atom is 0.0584 e. The summed E-state index contributed by atoms with van der Waals surface area (Å²) in [5.74, 6) is 0. The zero-order chi connectivity index (χ0) is 44.2. The van der Waals surface area contributed by atoms with Crippen LogP contribution in [0.2, 0.25) is 0 Å². The minimum Gasteiger partial charge on any atom is -0.378 e. The van der Waals surface area contributed by atoms with Gasteiger partial charge in [-0.25, -0.2) is 0 Å². The summed E-state index contributed by atoms with van der Waals surface area (Å²) in [6.45, 7) is 0. The summed E-state index contributed by atoms with van der Waals surface area (Å²) < 4.78 is 1.24. The van der Waals surface area contributed by atoms with Gasteiger partial charge in [0.2, 0.25) is 0 Å². The molecule has 7 rings (SSSR count). The number of rotatable bonds is 12. The highest BCUT2D eigenvalue weighted by atomic mass is 32.2. The number of benzene rings is 6. The second-order valence-electron chi connectivity index (χ2n) is 16.9. The monoisotopic (exact) mass is 856 g/mol. The standard InChI is InChI=1S/C54H60N6S2/c1-55(2)43-25-13-37(14-26-43)49(38-15-27-44(28-16-38)56(3)4)52-53(50(39-17-29-45(30-18-39)57(5)6)40-19-31-46(32-20-40)58(7)8)62-54(61-52)51(41-21-33-47(34-22-41)59(9)10)42-23-35-48(36-24-42)60(11)12/h13-36H,1-12H3. The van der Waals surface area contributed by atoms with Gasteiger partial charge < -0.3 is 29.4 Å². The molecule has 0 aromatic heterocycles. The van der Waals surface area contributed by atoms with Crippen LogP contribution in [-0.4, -0.2) is 84.6 Å². The van der Waals surface area contributed by atoms with Crippen LogP contribution in [0.3, 0.4) is 0 Å². The van der Waals surface area contributed by atoms with Crippen LogP contribution in [-0.2, 0) is 0 Å². The highest BCUT2D eigenvalue weighted by molar-refractivity contribution is 8.30. The van der Waals surface area contributed by atoms with Crippen LogP contribution in [0.4, 0.5) is 34.1 Å². The summed E-state index contributed by atoms with van der Waals surface area (Å²) in [5, 5.41) is 0. The van der Waals surface area contributed by atoms with E-state index in [0.29, 0.717) is 0 Å². The van der Waals surface area contributed by atoms with Crippen LogP contribution in [0.25, 0.3) is 16.7 Å². The average molecular weight is 857 g/mol. The molecule has 0 radical (unpaired) electrons. The van der Waals surface area contributed by atoms with Crippen molar-refractivity contribution in [3.8, 4) is 0 Å². The molecule has 1 aliphatic heterocycles. The van der Waals surface area contributed by atoms with Crippen molar-refractivity contribution < 1.29 is 0 Å². The summed E-state index contributed by atoms with van der Waals surface area (Å²) in [5.41, 5.74) is 17.7. The van der Waals surface area contributed by atoms with E-state index in [9.17, 15) is 0 Å². The smallest absolute Gasteiger partial charge is 0.0584 e. The topological polar surface area (TPSA) is 19.4 Å². The molecule has 0 spiro atoms. The van der Waals surface area contributed by atoms with Crippen LogP contribution < -0.4 is 29.4 Å². The zero-order valence-electron chi connectivity index (χ0n) is 38.4. The van der Waals surface area contributed by atoms with Crippen molar-refractivity contribution >= 4 is 74.4 Å². The van der Waals surface area contributed by atoms with Crippen molar-refractivity contribution in [2.45, 2.75) is 0 Å². The quantitative estimate of drug-likeness (QED) is 0.120. The van der Waals surface area contributed by atoms with Crippen molar-refractivity contribution in [3.05, 3.63) is 193 Å². The Morgan fingerprint density at radius 2 is 0.403 bits per heavy atom. The number of hydrogen-bond donors (Lipinski definition) is 0. The van der Waals surface area contributed by atoms with Crippen LogP contribution in [0, 0.1) is 0 Å². The summed E-state index contributed by atoms with van der Waals surface area (Å²) in [6, 6.07) is 54.3. The lowest BCUT2D eigenvalue weighted by Crippen LogP contribution is -2.09. The van der Waals surface area contributed by atoms with E-state index in [1.165, 1.54) is 75.5 Å². The van der Waals surface area contributed by atoms with Crippen molar-refractivity contribution in [3.63, 3.8) is 0 Å². The Kier molecular flexibility index (Phi) is 13.5. The fourth-order valence-corrected chi connectivity index (χ4v) is 10.6. The first kappa shape index (κ1) is 44.1. The molecule has 6 nitrogen and oxygen atoms in total. The molecule has 62 heavy (non-hydrogen) atoms.